The molecule has 0 unspecified atom stereocenters. The van der Waals surface area contributed by atoms with Crippen LogP contribution in [0.25, 0.3) is 0 Å². The maximum Gasteiger partial charge on any atom is 0.405 e. The fourth-order valence-corrected chi connectivity index (χ4v) is 1.69. The zero-order valence-electron chi connectivity index (χ0n) is 11.9. The topological polar surface area (TPSA) is 32.3 Å². The summed E-state index contributed by atoms with van der Waals surface area (Å²) >= 11 is 0. The quantitative estimate of drug-likeness (QED) is 0.818. The van der Waals surface area contributed by atoms with Crippen LogP contribution in [0.1, 0.15) is 12.5 Å². The number of nitrogens with one attached hydrogen (secondary N) is 1. The summed E-state index contributed by atoms with van der Waals surface area (Å²) in [6, 6.07) is 5.28. The molecule has 1 rings (SSSR count). The predicted molar refractivity (Wildman–Crippen MR) is 71.3 cm³/mol. The molecule has 0 aliphatic heterocycles. The van der Waals surface area contributed by atoms with Gasteiger partial charge in [0.2, 0.25) is 5.91 Å². The number of nitrogens with zero attached hydrogens (tertiary/aromatic N) is 1. The summed E-state index contributed by atoms with van der Waals surface area (Å²) in [6.07, 6.45) is -3.84. The van der Waals surface area contributed by atoms with E-state index in [1.165, 1.54) is 19.1 Å². The van der Waals surface area contributed by atoms with Crippen LogP contribution >= 0.6 is 0 Å². The van der Waals surface area contributed by atoms with Crippen LogP contribution in [0.15, 0.2) is 24.3 Å². The smallest absolute Gasteiger partial charge is 0.346 e. The van der Waals surface area contributed by atoms with Crippen LogP contribution in [-0.4, -0.2) is 43.2 Å². The van der Waals surface area contributed by atoms with Gasteiger partial charge in [-0.2, -0.15) is 13.2 Å². The van der Waals surface area contributed by atoms with Gasteiger partial charge < -0.3 is 5.32 Å². The molecule has 0 aliphatic carbocycles. The number of carbonyl (C=O) groups excluding carboxylic acids is 1. The Kier molecular flexibility index (Phi) is 6.14. The molecular formula is C14H18F4N2O. The van der Waals surface area contributed by atoms with E-state index in [1.54, 1.807) is 24.1 Å². The van der Waals surface area contributed by atoms with Crippen molar-refractivity contribution < 1.29 is 22.4 Å². The lowest BCUT2D eigenvalue weighted by Crippen LogP contribution is -2.46. The maximum absolute atomic E-state index is 12.7. The standard InChI is InChI=1S/C14H18F4N2O/c1-10(13(21)19-9-14(16,17)18)20(2)8-7-11-3-5-12(15)6-4-11/h3-6,10H,7-9H2,1-2H3,(H,19,21)/t10-/m1/s1. The number of rotatable bonds is 6. The number of amides is 1. The van der Waals surface area contributed by atoms with Crippen molar-refractivity contribution >= 4 is 5.91 Å². The summed E-state index contributed by atoms with van der Waals surface area (Å²) in [5.41, 5.74) is 0.895. The molecule has 0 spiro atoms. The van der Waals surface area contributed by atoms with Crippen LogP contribution in [0.3, 0.4) is 0 Å². The summed E-state index contributed by atoms with van der Waals surface area (Å²) in [5.74, 6) is -0.999. The van der Waals surface area contributed by atoms with Gasteiger partial charge in [0, 0.05) is 6.54 Å². The second-order valence-electron chi connectivity index (χ2n) is 4.87. The summed E-state index contributed by atoms with van der Waals surface area (Å²) in [7, 11) is 1.65. The number of hydrogen-bond donors (Lipinski definition) is 1. The van der Waals surface area contributed by atoms with Crippen LogP contribution in [-0.2, 0) is 11.2 Å². The van der Waals surface area contributed by atoms with Gasteiger partial charge in [-0.3, -0.25) is 9.69 Å². The molecule has 118 valence electrons. The van der Waals surface area contributed by atoms with E-state index in [1.807, 2.05) is 5.32 Å². The van der Waals surface area contributed by atoms with Crippen molar-refractivity contribution in [1.82, 2.24) is 10.2 Å². The highest BCUT2D eigenvalue weighted by Gasteiger charge is 2.29. The molecule has 0 fully saturated rings. The first-order chi connectivity index (χ1) is 9.69. The number of benzene rings is 1. The van der Waals surface area contributed by atoms with Crippen molar-refractivity contribution in [1.29, 1.82) is 0 Å². The second kappa shape index (κ2) is 7.40. The molecule has 0 aliphatic rings. The highest BCUT2D eigenvalue weighted by atomic mass is 19.4. The Morgan fingerprint density at radius 2 is 1.86 bits per heavy atom. The Morgan fingerprint density at radius 1 is 1.29 bits per heavy atom. The van der Waals surface area contributed by atoms with E-state index in [9.17, 15) is 22.4 Å². The molecule has 3 nitrogen and oxygen atoms in total. The Bertz CT molecular complexity index is 459. The average Bonchev–Trinajstić information content (AvgIpc) is 2.42. The molecule has 0 radical (unpaired) electrons. The number of likely N-dealkylation sites (N-methyl/N-ethyl adjacent to an activating group) is 1. The third-order valence-corrected chi connectivity index (χ3v) is 3.17. The average molecular weight is 306 g/mol. The van der Waals surface area contributed by atoms with Crippen molar-refractivity contribution in [2.45, 2.75) is 25.6 Å². The van der Waals surface area contributed by atoms with Crippen LogP contribution in [0.5, 0.6) is 0 Å². The van der Waals surface area contributed by atoms with Gasteiger partial charge in [-0.1, -0.05) is 12.1 Å². The zero-order valence-corrected chi connectivity index (χ0v) is 11.9. The number of halogens is 4. The molecule has 7 heteroatoms. The summed E-state index contributed by atoms with van der Waals surface area (Å²) < 4.78 is 48.8. The lowest BCUT2D eigenvalue weighted by Gasteiger charge is -2.24. The predicted octanol–water partition coefficient (Wildman–Crippen LogP) is 2.37. The van der Waals surface area contributed by atoms with E-state index in [-0.39, 0.29) is 5.82 Å². The highest BCUT2D eigenvalue weighted by molar-refractivity contribution is 5.81. The molecular weight excluding hydrogens is 288 g/mol. The van der Waals surface area contributed by atoms with E-state index >= 15 is 0 Å². The molecule has 0 aromatic heterocycles. The van der Waals surface area contributed by atoms with Crippen LogP contribution in [0, 0.1) is 5.82 Å². The third-order valence-electron chi connectivity index (χ3n) is 3.17. The molecule has 1 N–H and O–H groups in total. The molecule has 1 aromatic rings. The third kappa shape index (κ3) is 6.57. The largest absolute Gasteiger partial charge is 0.405 e. The molecule has 0 bridgehead atoms. The summed E-state index contributed by atoms with van der Waals surface area (Å²) in [4.78, 5) is 13.2. The van der Waals surface area contributed by atoms with Gasteiger partial charge in [0.15, 0.2) is 0 Å². The first-order valence-electron chi connectivity index (χ1n) is 6.48. The molecule has 21 heavy (non-hydrogen) atoms. The zero-order chi connectivity index (χ0) is 16.0. The Balaban J connectivity index is 2.41. The lowest BCUT2D eigenvalue weighted by molar-refractivity contribution is -0.141. The Morgan fingerprint density at radius 3 is 2.38 bits per heavy atom. The fourth-order valence-electron chi connectivity index (χ4n) is 1.69. The van der Waals surface area contributed by atoms with Crippen LogP contribution < -0.4 is 5.32 Å². The van der Waals surface area contributed by atoms with Crippen LogP contribution in [0.2, 0.25) is 0 Å². The van der Waals surface area contributed by atoms with Gasteiger partial charge in [0.1, 0.15) is 12.4 Å². The van der Waals surface area contributed by atoms with Crippen molar-refractivity contribution in [3.8, 4) is 0 Å². The minimum Gasteiger partial charge on any atom is -0.346 e. The summed E-state index contributed by atoms with van der Waals surface area (Å²) in [5, 5.41) is 1.85. The first kappa shape index (κ1) is 17.4. The maximum atomic E-state index is 12.7. The molecule has 1 aromatic carbocycles. The molecule has 1 amide bonds. The molecule has 0 saturated carbocycles. The van der Waals surface area contributed by atoms with Gasteiger partial charge in [-0.05, 0) is 38.1 Å². The van der Waals surface area contributed by atoms with E-state index in [4.69, 9.17) is 0 Å². The fraction of sp³-hybridized carbons (Fsp3) is 0.500. The molecule has 1 atom stereocenters. The second-order valence-corrected chi connectivity index (χ2v) is 4.87. The van der Waals surface area contributed by atoms with Crippen molar-refractivity contribution in [3.63, 3.8) is 0 Å². The number of alkyl halides is 3. The molecule has 0 saturated heterocycles. The van der Waals surface area contributed by atoms with E-state index in [2.05, 4.69) is 0 Å². The first-order valence-corrected chi connectivity index (χ1v) is 6.48. The van der Waals surface area contributed by atoms with Gasteiger partial charge >= 0.3 is 6.18 Å². The van der Waals surface area contributed by atoms with E-state index in [0.717, 1.165) is 5.56 Å². The van der Waals surface area contributed by atoms with Crippen molar-refractivity contribution in [3.05, 3.63) is 35.6 Å². The minimum absolute atomic E-state index is 0.327. The highest BCUT2D eigenvalue weighted by Crippen LogP contribution is 2.12. The molecule has 0 heterocycles. The van der Waals surface area contributed by atoms with Crippen molar-refractivity contribution in [2.24, 2.45) is 0 Å². The lowest BCUT2D eigenvalue weighted by atomic mass is 10.1. The van der Waals surface area contributed by atoms with Gasteiger partial charge in [-0.15, -0.1) is 0 Å². The number of hydrogen-bond acceptors (Lipinski definition) is 2. The number of carbonyl (C=O) groups is 1. The van der Waals surface area contributed by atoms with Gasteiger partial charge in [0.05, 0.1) is 6.04 Å². The normalized spacial score (nSPS) is 13.3. The monoisotopic (exact) mass is 306 g/mol. The SMILES string of the molecule is C[C@H](C(=O)NCC(F)(F)F)N(C)CCc1ccc(F)cc1. The van der Waals surface area contributed by atoms with Crippen LogP contribution in [0.4, 0.5) is 17.6 Å². The van der Waals surface area contributed by atoms with E-state index in [0.29, 0.717) is 13.0 Å². The Hall–Kier alpha value is -1.63. The van der Waals surface area contributed by atoms with Gasteiger partial charge in [0.25, 0.3) is 0 Å². The van der Waals surface area contributed by atoms with E-state index < -0.39 is 24.7 Å². The van der Waals surface area contributed by atoms with Crippen molar-refractivity contribution in [2.75, 3.05) is 20.1 Å². The van der Waals surface area contributed by atoms with Gasteiger partial charge in [-0.25, -0.2) is 4.39 Å². The minimum atomic E-state index is -4.41. The Labute approximate surface area is 120 Å². The summed E-state index contributed by atoms with van der Waals surface area (Å²) in [6.45, 7) is 0.685.